The Morgan fingerprint density at radius 3 is 2.52 bits per heavy atom. The van der Waals surface area contributed by atoms with Crippen LogP contribution in [0, 0.1) is 6.92 Å². The van der Waals surface area contributed by atoms with E-state index in [1.165, 1.54) is 12.1 Å². The summed E-state index contributed by atoms with van der Waals surface area (Å²) in [6.45, 7) is 2.00. The molecule has 0 saturated carbocycles. The van der Waals surface area contributed by atoms with E-state index in [2.05, 4.69) is 31.2 Å². The molecule has 3 N–H and O–H groups in total. The van der Waals surface area contributed by atoms with Gasteiger partial charge in [-0.3, -0.25) is 0 Å². The summed E-state index contributed by atoms with van der Waals surface area (Å²) in [5.74, 6) is 0.422. The fourth-order valence-electron chi connectivity index (χ4n) is 2.16. The largest absolute Gasteiger partial charge is 0.324 e. The van der Waals surface area contributed by atoms with Gasteiger partial charge in [-0.25, -0.2) is 23.5 Å². The molecule has 6 nitrogen and oxygen atoms in total. The SMILES string of the molecule is Cc1cc(Br)c2nc(Nc3ccc(S(N)(=O)=O)cc3)ncc2c1. The molecule has 3 rings (SSSR count). The lowest BCUT2D eigenvalue weighted by Gasteiger charge is -2.08. The smallest absolute Gasteiger partial charge is 0.238 e. The second kappa shape index (κ2) is 5.88. The first-order valence-electron chi connectivity index (χ1n) is 6.66. The summed E-state index contributed by atoms with van der Waals surface area (Å²) in [7, 11) is -3.70. The van der Waals surface area contributed by atoms with Crippen LogP contribution in [0.5, 0.6) is 0 Å². The van der Waals surface area contributed by atoms with Gasteiger partial charge in [0.2, 0.25) is 16.0 Å². The Labute approximate surface area is 141 Å². The number of primary sulfonamides is 1. The molecule has 3 aromatic rings. The minimum Gasteiger partial charge on any atom is -0.324 e. The third kappa shape index (κ3) is 3.49. The van der Waals surface area contributed by atoms with Gasteiger partial charge in [-0.15, -0.1) is 0 Å². The fraction of sp³-hybridized carbons (Fsp3) is 0.0667. The molecular weight excluding hydrogens is 380 g/mol. The maximum atomic E-state index is 11.2. The highest BCUT2D eigenvalue weighted by atomic mass is 79.9. The van der Waals surface area contributed by atoms with Crippen LogP contribution in [0.4, 0.5) is 11.6 Å². The quantitative estimate of drug-likeness (QED) is 0.713. The molecule has 0 amide bonds. The van der Waals surface area contributed by atoms with Crippen molar-refractivity contribution in [1.82, 2.24) is 9.97 Å². The van der Waals surface area contributed by atoms with Crippen molar-refractivity contribution in [3.05, 3.63) is 52.6 Å². The molecule has 2 aromatic carbocycles. The van der Waals surface area contributed by atoms with Crippen molar-refractivity contribution in [2.45, 2.75) is 11.8 Å². The second-order valence-corrected chi connectivity index (χ2v) is 7.49. The summed E-state index contributed by atoms with van der Waals surface area (Å²) in [6.07, 6.45) is 1.74. The van der Waals surface area contributed by atoms with Gasteiger partial charge in [0, 0.05) is 21.7 Å². The summed E-state index contributed by atoms with van der Waals surface area (Å²) < 4.78 is 23.4. The average Bonchev–Trinajstić information content (AvgIpc) is 2.47. The highest BCUT2D eigenvalue weighted by Gasteiger charge is 2.08. The summed E-state index contributed by atoms with van der Waals surface area (Å²) >= 11 is 3.50. The summed E-state index contributed by atoms with van der Waals surface area (Å²) in [5.41, 5.74) is 2.58. The van der Waals surface area contributed by atoms with E-state index in [1.807, 2.05) is 19.1 Å². The number of hydrogen-bond donors (Lipinski definition) is 2. The standard InChI is InChI=1S/C15H13BrN4O2S/c1-9-6-10-8-18-15(20-14(10)13(16)7-9)19-11-2-4-12(5-3-11)23(17,21)22/h2-8H,1H3,(H2,17,21,22)(H,18,19,20). The average molecular weight is 393 g/mol. The van der Waals surface area contributed by atoms with E-state index < -0.39 is 10.0 Å². The van der Waals surface area contributed by atoms with Crippen molar-refractivity contribution in [3.63, 3.8) is 0 Å². The number of hydrogen-bond acceptors (Lipinski definition) is 5. The maximum Gasteiger partial charge on any atom is 0.238 e. The van der Waals surface area contributed by atoms with Crippen molar-refractivity contribution in [2.24, 2.45) is 5.14 Å². The monoisotopic (exact) mass is 392 g/mol. The predicted molar refractivity (Wildman–Crippen MR) is 93.1 cm³/mol. The van der Waals surface area contributed by atoms with Gasteiger partial charge >= 0.3 is 0 Å². The highest BCUT2D eigenvalue weighted by molar-refractivity contribution is 9.10. The first-order chi connectivity index (χ1) is 10.8. The van der Waals surface area contributed by atoms with Crippen LogP contribution in [-0.2, 0) is 10.0 Å². The van der Waals surface area contributed by atoms with Crippen LogP contribution in [0.1, 0.15) is 5.56 Å². The van der Waals surface area contributed by atoms with Gasteiger partial charge in [-0.1, -0.05) is 0 Å². The summed E-state index contributed by atoms with van der Waals surface area (Å²) in [6, 6.07) is 10.1. The fourth-order valence-corrected chi connectivity index (χ4v) is 3.35. The van der Waals surface area contributed by atoms with Gasteiger partial charge in [0.05, 0.1) is 10.4 Å². The van der Waals surface area contributed by atoms with E-state index in [-0.39, 0.29) is 4.90 Å². The van der Waals surface area contributed by atoms with Crippen molar-refractivity contribution in [2.75, 3.05) is 5.32 Å². The van der Waals surface area contributed by atoms with Gasteiger partial charge in [0.1, 0.15) is 0 Å². The van der Waals surface area contributed by atoms with Gasteiger partial charge in [-0.05, 0) is 64.8 Å². The molecule has 0 spiro atoms. The van der Waals surface area contributed by atoms with Crippen LogP contribution in [0.3, 0.4) is 0 Å². The zero-order valence-electron chi connectivity index (χ0n) is 12.1. The molecule has 8 heteroatoms. The number of nitrogens with zero attached hydrogens (tertiary/aromatic N) is 2. The van der Waals surface area contributed by atoms with E-state index in [4.69, 9.17) is 5.14 Å². The number of benzene rings is 2. The molecule has 0 unspecified atom stereocenters. The zero-order valence-corrected chi connectivity index (χ0v) is 14.5. The molecule has 0 bridgehead atoms. The van der Waals surface area contributed by atoms with Crippen LogP contribution in [-0.4, -0.2) is 18.4 Å². The Morgan fingerprint density at radius 2 is 1.87 bits per heavy atom. The number of aryl methyl sites for hydroxylation is 1. The number of aromatic nitrogens is 2. The number of nitrogens with two attached hydrogens (primary N) is 1. The number of nitrogens with one attached hydrogen (secondary N) is 1. The second-order valence-electron chi connectivity index (χ2n) is 5.07. The lowest BCUT2D eigenvalue weighted by molar-refractivity contribution is 0.598. The van der Waals surface area contributed by atoms with E-state index in [1.54, 1.807) is 18.3 Å². The molecular formula is C15H13BrN4O2S. The lowest BCUT2D eigenvalue weighted by Crippen LogP contribution is -2.11. The summed E-state index contributed by atoms with van der Waals surface area (Å²) in [5, 5.41) is 9.05. The van der Waals surface area contributed by atoms with Crippen LogP contribution in [0.2, 0.25) is 0 Å². The molecule has 23 heavy (non-hydrogen) atoms. The van der Waals surface area contributed by atoms with Crippen molar-refractivity contribution in [1.29, 1.82) is 0 Å². The van der Waals surface area contributed by atoms with Crippen LogP contribution in [0.15, 0.2) is 52.0 Å². The number of sulfonamides is 1. The zero-order chi connectivity index (χ0) is 16.6. The molecule has 0 fully saturated rings. The van der Waals surface area contributed by atoms with Crippen molar-refractivity contribution >= 4 is 48.5 Å². The van der Waals surface area contributed by atoms with Gasteiger partial charge in [-0.2, -0.15) is 0 Å². The maximum absolute atomic E-state index is 11.2. The van der Waals surface area contributed by atoms with E-state index in [9.17, 15) is 8.42 Å². The summed E-state index contributed by atoms with van der Waals surface area (Å²) in [4.78, 5) is 8.80. The molecule has 0 atom stereocenters. The van der Waals surface area contributed by atoms with E-state index in [0.717, 1.165) is 20.9 Å². The first kappa shape index (κ1) is 15.9. The number of rotatable bonds is 3. The van der Waals surface area contributed by atoms with E-state index in [0.29, 0.717) is 11.6 Å². The topological polar surface area (TPSA) is 98.0 Å². The molecule has 1 aromatic heterocycles. The molecule has 118 valence electrons. The molecule has 0 aliphatic heterocycles. The Kier molecular flexibility index (Phi) is 4.05. The highest BCUT2D eigenvalue weighted by Crippen LogP contribution is 2.25. The molecule has 0 aliphatic rings. The minimum atomic E-state index is -3.70. The van der Waals surface area contributed by atoms with Crippen LogP contribution < -0.4 is 10.5 Å². The molecule has 1 heterocycles. The van der Waals surface area contributed by atoms with E-state index >= 15 is 0 Å². The Hall–Kier alpha value is -2.03. The number of halogens is 1. The normalized spacial score (nSPS) is 11.6. The van der Waals surface area contributed by atoms with Crippen LogP contribution >= 0.6 is 15.9 Å². The molecule has 0 aliphatic carbocycles. The Morgan fingerprint density at radius 1 is 1.17 bits per heavy atom. The van der Waals surface area contributed by atoms with Crippen molar-refractivity contribution in [3.8, 4) is 0 Å². The predicted octanol–water partition coefficient (Wildman–Crippen LogP) is 3.09. The third-order valence-corrected chi connectivity index (χ3v) is 4.75. The lowest BCUT2D eigenvalue weighted by atomic mass is 10.2. The molecule has 0 saturated heterocycles. The van der Waals surface area contributed by atoms with Crippen LogP contribution in [0.25, 0.3) is 10.9 Å². The minimum absolute atomic E-state index is 0.0562. The van der Waals surface area contributed by atoms with Gasteiger partial charge in [0.25, 0.3) is 0 Å². The number of anilines is 2. The van der Waals surface area contributed by atoms with Crippen molar-refractivity contribution < 1.29 is 8.42 Å². The Balaban J connectivity index is 1.92. The van der Waals surface area contributed by atoms with Gasteiger partial charge < -0.3 is 5.32 Å². The molecule has 0 radical (unpaired) electrons. The third-order valence-electron chi connectivity index (χ3n) is 3.22. The first-order valence-corrected chi connectivity index (χ1v) is 9.00. The Bertz CT molecular complexity index is 988. The van der Waals surface area contributed by atoms with Gasteiger partial charge in [0.15, 0.2) is 0 Å². The number of fused-ring (bicyclic) bond motifs is 1.